The Morgan fingerprint density at radius 3 is 2.92 bits per heavy atom. The SMILES string of the molecule is CC(=O)Nc1ccnc(C23CN(C(=O)OC(C)(C)C)CC2CON3)c1. The molecule has 2 N–H and O–H groups in total. The number of fused-ring (bicyclic) bond motifs is 1. The van der Waals surface area contributed by atoms with Gasteiger partial charge in [-0.25, -0.2) is 4.79 Å². The summed E-state index contributed by atoms with van der Waals surface area (Å²) in [6.45, 7) is 8.38. The second kappa shape index (κ2) is 6.27. The van der Waals surface area contributed by atoms with Crippen LogP contribution in [0.4, 0.5) is 10.5 Å². The van der Waals surface area contributed by atoms with Crippen molar-refractivity contribution in [3.8, 4) is 0 Å². The summed E-state index contributed by atoms with van der Waals surface area (Å²) in [6.07, 6.45) is 1.30. The van der Waals surface area contributed by atoms with E-state index in [9.17, 15) is 9.59 Å². The molecule has 3 heterocycles. The van der Waals surface area contributed by atoms with Gasteiger partial charge in [0.05, 0.1) is 18.8 Å². The van der Waals surface area contributed by atoms with E-state index in [2.05, 4.69) is 15.8 Å². The zero-order chi connectivity index (χ0) is 18.2. The molecule has 0 bridgehead atoms. The van der Waals surface area contributed by atoms with E-state index in [1.54, 1.807) is 17.2 Å². The van der Waals surface area contributed by atoms with Gasteiger partial charge in [0.1, 0.15) is 11.1 Å². The maximum absolute atomic E-state index is 12.4. The lowest BCUT2D eigenvalue weighted by Crippen LogP contribution is -2.45. The third kappa shape index (κ3) is 3.59. The number of nitrogens with one attached hydrogen (secondary N) is 2. The molecular formula is C17H24N4O4. The predicted octanol–water partition coefficient (Wildman–Crippen LogP) is 1.64. The van der Waals surface area contributed by atoms with Crippen molar-refractivity contribution in [2.24, 2.45) is 5.92 Å². The molecule has 8 heteroatoms. The largest absolute Gasteiger partial charge is 0.444 e. The lowest BCUT2D eigenvalue weighted by atomic mass is 9.85. The zero-order valence-electron chi connectivity index (χ0n) is 15.0. The van der Waals surface area contributed by atoms with Crippen LogP contribution in [0.3, 0.4) is 0 Å². The van der Waals surface area contributed by atoms with Gasteiger partial charge >= 0.3 is 6.09 Å². The number of hydrogen-bond acceptors (Lipinski definition) is 6. The molecule has 1 aromatic heterocycles. The fraction of sp³-hybridized carbons (Fsp3) is 0.588. The molecule has 2 unspecified atom stereocenters. The standard InChI is InChI=1S/C17H24N4O4/c1-11(22)19-13-5-6-18-14(7-13)17-10-21(8-12(17)9-24-20-17)15(23)25-16(2,3)4/h5-7,12,20H,8-10H2,1-4H3,(H,18,19,22). The lowest BCUT2D eigenvalue weighted by molar-refractivity contribution is -0.114. The summed E-state index contributed by atoms with van der Waals surface area (Å²) < 4.78 is 5.49. The van der Waals surface area contributed by atoms with Gasteiger partial charge in [-0.3, -0.25) is 9.78 Å². The molecule has 0 radical (unpaired) electrons. The molecule has 2 atom stereocenters. The molecule has 0 spiro atoms. The number of aromatic nitrogens is 1. The van der Waals surface area contributed by atoms with Gasteiger partial charge in [-0.2, -0.15) is 5.48 Å². The highest BCUT2D eigenvalue weighted by Crippen LogP contribution is 2.40. The number of amides is 2. The van der Waals surface area contributed by atoms with Gasteiger partial charge in [0, 0.05) is 31.3 Å². The summed E-state index contributed by atoms with van der Waals surface area (Å²) in [5.41, 5.74) is 3.29. The highest BCUT2D eigenvalue weighted by atomic mass is 16.7. The Balaban J connectivity index is 1.84. The smallest absolute Gasteiger partial charge is 0.410 e. The summed E-state index contributed by atoms with van der Waals surface area (Å²) in [5.74, 6) is -0.0938. The van der Waals surface area contributed by atoms with E-state index in [4.69, 9.17) is 9.57 Å². The van der Waals surface area contributed by atoms with Gasteiger partial charge in [0.2, 0.25) is 5.91 Å². The summed E-state index contributed by atoms with van der Waals surface area (Å²) in [4.78, 5) is 35.3. The third-order valence-electron chi connectivity index (χ3n) is 4.31. The molecular weight excluding hydrogens is 324 g/mol. The van der Waals surface area contributed by atoms with E-state index < -0.39 is 11.1 Å². The molecule has 25 heavy (non-hydrogen) atoms. The number of hydroxylamine groups is 1. The number of ether oxygens (including phenoxy) is 1. The van der Waals surface area contributed by atoms with Crippen LogP contribution in [-0.2, 0) is 19.9 Å². The second-order valence-electron chi connectivity index (χ2n) is 7.55. The summed E-state index contributed by atoms with van der Waals surface area (Å²) in [7, 11) is 0. The minimum atomic E-state index is -0.606. The van der Waals surface area contributed by atoms with Crippen LogP contribution in [0.2, 0.25) is 0 Å². The minimum absolute atomic E-state index is 0.0556. The number of carbonyl (C=O) groups is 2. The van der Waals surface area contributed by atoms with Gasteiger partial charge in [0.15, 0.2) is 0 Å². The highest BCUT2D eigenvalue weighted by molar-refractivity contribution is 5.88. The first-order valence-corrected chi connectivity index (χ1v) is 8.31. The van der Waals surface area contributed by atoms with Crippen molar-refractivity contribution < 1.29 is 19.2 Å². The number of pyridine rings is 1. The van der Waals surface area contributed by atoms with Crippen LogP contribution in [0, 0.1) is 5.92 Å². The van der Waals surface area contributed by atoms with E-state index in [0.717, 1.165) is 5.69 Å². The number of nitrogens with zero attached hydrogens (tertiary/aromatic N) is 2. The van der Waals surface area contributed by atoms with Crippen molar-refractivity contribution in [2.75, 3.05) is 25.0 Å². The average molecular weight is 348 g/mol. The van der Waals surface area contributed by atoms with Crippen LogP contribution in [0.25, 0.3) is 0 Å². The minimum Gasteiger partial charge on any atom is -0.444 e. The molecule has 136 valence electrons. The van der Waals surface area contributed by atoms with Crippen molar-refractivity contribution in [3.05, 3.63) is 24.0 Å². The molecule has 2 aliphatic rings. The molecule has 2 amide bonds. The highest BCUT2D eigenvalue weighted by Gasteiger charge is 2.55. The Morgan fingerprint density at radius 1 is 1.48 bits per heavy atom. The van der Waals surface area contributed by atoms with Crippen molar-refractivity contribution in [3.63, 3.8) is 0 Å². The summed E-state index contributed by atoms with van der Waals surface area (Å²) in [6, 6.07) is 3.54. The Bertz CT molecular complexity index is 687. The van der Waals surface area contributed by atoms with Gasteiger partial charge in [0.25, 0.3) is 0 Å². The fourth-order valence-electron chi connectivity index (χ4n) is 3.26. The van der Waals surface area contributed by atoms with Crippen molar-refractivity contribution in [2.45, 2.75) is 38.8 Å². The zero-order valence-corrected chi connectivity index (χ0v) is 15.0. The third-order valence-corrected chi connectivity index (χ3v) is 4.31. The molecule has 2 fully saturated rings. The van der Waals surface area contributed by atoms with Gasteiger partial charge in [-0.15, -0.1) is 0 Å². The number of rotatable bonds is 2. The van der Waals surface area contributed by atoms with E-state index in [-0.39, 0.29) is 17.9 Å². The molecule has 0 aliphatic carbocycles. The Morgan fingerprint density at radius 2 is 2.24 bits per heavy atom. The van der Waals surface area contributed by atoms with Gasteiger partial charge in [-0.05, 0) is 32.9 Å². The molecule has 2 aliphatic heterocycles. The maximum Gasteiger partial charge on any atom is 0.410 e. The van der Waals surface area contributed by atoms with E-state index >= 15 is 0 Å². The molecule has 0 saturated carbocycles. The predicted molar refractivity (Wildman–Crippen MR) is 90.6 cm³/mol. The number of likely N-dealkylation sites (tertiary alicyclic amines) is 1. The molecule has 0 aromatic carbocycles. The molecule has 3 rings (SSSR count). The van der Waals surface area contributed by atoms with Crippen LogP contribution in [-0.4, -0.2) is 47.2 Å². The number of carbonyl (C=O) groups excluding carboxylic acids is 2. The lowest BCUT2D eigenvalue weighted by Gasteiger charge is -2.28. The fourth-order valence-corrected chi connectivity index (χ4v) is 3.26. The van der Waals surface area contributed by atoms with Crippen LogP contribution in [0.15, 0.2) is 18.3 Å². The van der Waals surface area contributed by atoms with E-state index in [0.29, 0.717) is 25.4 Å². The first-order valence-electron chi connectivity index (χ1n) is 8.31. The summed E-state index contributed by atoms with van der Waals surface area (Å²) >= 11 is 0. The van der Waals surface area contributed by atoms with Crippen molar-refractivity contribution in [1.82, 2.24) is 15.4 Å². The molecule has 1 aromatic rings. The van der Waals surface area contributed by atoms with E-state index in [1.807, 2.05) is 26.8 Å². The number of hydrogen-bond donors (Lipinski definition) is 2. The van der Waals surface area contributed by atoms with Gasteiger partial charge in [-0.1, -0.05) is 0 Å². The maximum atomic E-state index is 12.4. The van der Waals surface area contributed by atoms with Crippen LogP contribution in [0.5, 0.6) is 0 Å². The summed E-state index contributed by atoms with van der Waals surface area (Å²) in [5, 5.41) is 2.76. The Kier molecular flexibility index (Phi) is 4.42. The first kappa shape index (κ1) is 17.6. The van der Waals surface area contributed by atoms with Crippen LogP contribution >= 0.6 is 0 Å². The van der Waals surface area contributed by atoms with Gasteiger partial charge < -0.3 is 19.8 Å². The average Bonchev–Trinajstić information content (AvgIpc) is 3.02. The van der Waals surface area contributed by atoms with Crippen LogP contribution in [0.1, 0.15) is 33.4 Å². The number of anilines is 1. The monoisotopic (exact) mass is 348 g/mol. The molecule has 8 nitrogen and oxygen atoms in total. The topological polar surface area (TPSA) is 92.8 Å². The van der Waals surface area contributed by atoms with Crippen molar-refractivity contribution in [1.29, 1.82) is 0 Å². The normalized spacial score (nSPS) is 25.6. The van der Waals surface area contributed by atoms with Crippen LogP contribution < -0.4 is 10.8 Å². The Labute approximate surface area is 146 Å². The second-order valence-corrected chi connectivity index (χ2v) is 7.55. The van der Waals surface area contributed by atoms with Crippen molar-refractivity contribution >= 4 is 17.7 Å². The Hall–Kier alpha value is -2.19. The van der Waals surface area contributed by atoms with E-state index in [1.165, 1.54) is 6.92 Å². The first-order chi connectivity index (χ1) is 11.7. The molecule has 2 saturated heterocycles. The quantitative estimate of drug-likeness (QED) is 0.844.